The number of hydrogen-bond donors (Lipinski definition) is 0. The van der Waals surface area contributed by atoms with Crippen molar-refractivity contribution in [2.45, 2.75) is 47.0 Å². The molecule has 0 aromatic rings. The molecule has 0 spiro atoms. The number of rotatable bonds is 2. The third-order valence-electron chi connectivity index (χ3n) is 6.03. The van der Waals surface area contributed by atoms with Crippen LogP contribution in [-0.2, 0) is 4.79 Å². The van der Waals surface area contributed by atoms with Crippen LogP contribution in [-0.4, -0.2) is 5.78 Å². The Morgan fingerprint density at radius 2 is 2.06 bits per heavy atom. The molecule has 0 heterocycles. The van der Waals surface area contributed by atoms with Crippen molar-refractivity contribution in [2.75, 3.05) is 0 Å². The molecule has 1 saturated carbocycles. The second-order valence-corrected chi connectivity index (χ2v) is 6.87. The summed E-state index contributed by atoms with van der Waals surface area (Å²) >= 11 is 0. The summed E-state index contributed by atoms with van der Waals surface area (Å²) in [6, 6.07) is 0. The van der Waals surface area contributed by atoms with Crippen LogP contribution in [0.25, 0.3) is 0 Å². The molecule has 1 heteroatoms. The fraction of sp³-hybridized carbons (Fsp3) is 0.688. The van der Waals surface area contributed by atoms with Crippen molar-refractivity contribution in [3.8, 4) is 0 Å². The molecule has 0 amide bonds. The highest BCUT2D eigenvalue weighted by Crippen LogP contribution is 2.69. The Morgan fingerprint density at radius 3 is 2.65 bits per heavy atom. The summed E-state index contributed by atoms with van der Waals surface area (Å²) in [5.74, 6) is 0.503. The molecule has 2 aliphatic rings. The first kappa shape index (κ1) is 12.6. The zero-order valence-corrected chi connectivity index (χ0v) is 11.5. The summed E-state index contributed by atoms with van der Waals surface area (Å²) in [4.78, 5) is 12.2. The van der Waals surface area contributed by atoms with Gasteiger partial charge in [0.1, 0.15) is 0 Å². The molecule has 0 aliphatic heterocycles. The van der Waals surface area contributed by atoms with Gasteiger partial charge in [-0.15, -0.1) is 6.58 Å². The van der Waals surface area contributed by atoms with E-state index in [-0.39, 0.29) is 22.2 Å². The van der Waals surface area contributed by atoms with E-state index in [0.29, 0.717) is 5.78 Å². The fourth-order valence-corrected chi connectivity index (χ4v) is 4.21. The van der Waals surface area contributed by atoms with Crippen molar-refractivity contribution in [1.82, 2.24) is 0 Å². The normalized spacial score (nSPS) is 43.5. The van der Waals surface area contributed by atoms with E-state index in [1.54, 1.807) is 0 Å². The Bertz CT molecular complexity index is 390. The summed E-state index contributed by atoms with van der Waals surface area (Å²) in [6.07, 6.45) is 8.94. The van der Waals surface area contributed by atoms with Gasteiger partial charge in [-0.05, 0) is 41.6 Å². The van der Waals surface area contributed by atoms with E-state index in [1.165, 1.54) is 0 Å². The van der Waals surface area contributed by atoms with Gasteiger partial charge in [0.25, 0.3) is 0 Å². The summed E-state index contributed by atoms with van der Waals surface area (Å²) in [5, 5.41) is 0. The number of ketones is 1. The monoisotopic (exact) mass is 232 g/mol. The molecule has 2 aliphatic carbocycles. The lowest BCUT2D eigenvalue weighted by Crippen LogP contribution is -2.42. The molecule has 94 valence electrons. The molecule has 0 unspecified atom stereocenters. The van der Waals surface area contributed by atoms with Crippen LogP contribution in [0.15, 0.2) is 24.8 Å². The number of fused-ring (bicyclic) bond motifs is 2. The van der Waals surface area contributed by atoms with Gasteiger partial charge in [-0.1, -0.05) is 39.8 Å². The van der Waals surface area contributed by atoms with E-state index in [9.17, 15) is 4.79 Å². The van der Waals surface area contributed by atoms with Crippen molar-refractivity contribution in [1.29, 1.82) is 0 Å². The van der Waals surface area contributed by atoms with Gasteiger partial charge in [0, 0.05) is 5.92 Å². The van der Waals surface area contributed by atoms with Crippen LogP contribution in [0.4, 0.5) is 0 Å². The quantitative estimate of drug-likeness (QED) is 0.654. The Labute approximate surface area is 105 Å². The standard InChI is InChI=1S/C16H24O/c1-6-9-15(4)11-12-13(17)8-7-10-16(15,5)14(12,2)3/h6-8,12H,1,9-11H2,2-5H3/t12-,15+,16+/m0/s1. The van der Waals surface area contributed by atoms with Gasteiger partial charge in [0.2, 0.25) is 0 Å². The number of allylic oxidation sites excluding steroid dienone is 3. The van der Waals surface area contributed by atoms with Crippen LogP contribution in [0.2, 0.25) is 0 Å². The highest BCUT2D eigenvalue weighted by Gasteiger charge is 2.63. The zero-order chi connectivity index (χ0) is 12.9. The van der Waals surface area contributed by atoms with Gasteiger partial charge >= 0.3 is 0 Å². The average molecular weight is 232 g/mol. The van der Waals surface area contributed by atoms with Gasteiger partial charge in [-0.25, -0.2) is 0 Å². The smallest absolute Gasteiger partial charge is 0.159 e. The van der Waals surface area contributed by atoms with E-state index < -0.39 is 0 Å². The Hall–Kier alpha value is -0.850. The van der Waals surface area contributed by atoms with Gasteiger partial charge < -0.3 is 0 Å². The second kappa shape index (κ2) is 3.57. The van der Waals surface area contributed by atoms with E-state index >= 15 is 0 Å². The molecule has 2 rings (SSSR count). The number of carbonyl (C=O) groups excluding carboxylic acids is 1. The summed E-state index contributed by atoms with van der Waals surface area (Å²) in [6.45, 7) is 13.1. The van der Waals surface area contributed by atoms with Crippen LogP contribution in [0.3, 0.4) is 0 Å². The van der Waals surface area contributed by atoms with Crippen LogP contribution < -0.4 is 0 Å². The molecule has 1 fully saturated rings. The first-order valence-corrected chi connectivity index (χ1v) is 6.60. The van der Waals surface area contributed by atoms with Crippen molar-refractivity contribution in [3.63, 3.8) is 0 Å². The van der Waals surface area contributed by atoms with Crippen molar-refractivity contribution in [2.24, 2.45) is 22.2 Å². The molecule has 1 nitrogen and oxygen atoms in total. The molecule has 0 N–H and O–H groups in total. The van der Waals surface area contributed by atoms with Crippen LogP contribution >= 0.6 is 0 Å². The maximum atomic E-state index is 12.2. The molecule has 0 radical (unpaired) electrons. The fourth-order valence-electron chi connectivity index (χ4n) is 4.21. The third-order valence-corrected chi connectivity index (χ3v) is 6.03. The highest BCUT2D eigenvalue weighted by atomic mass is 16.1. The summed E-state index contributed by atoms with van der Waals surface area (Å²) < 4.78 is 0. The lowest BCUT2D eigenvalue weighted by molar-refractivity contribution is -0.121. The first-order valence-electron chi connectivity index (χ1n) is 6.60. The molecule has 0 saturated heterocycles. The van der Waals surface area contributed by atoms with Crippen LogP contribution in [0.5, 0.6) is 0 Å². The van der Waals surface area contributed by atoms with E-state index in [0.717, 1.165) is 19.3 Å². The summed E-state index contributed by atoms with van der Waals surface area (Å²) in [5.41, 5.74) is 0.455. The van der Waals surface area contributed by atoms with E-state index in [1.807, 2.05) is 12.2 Å². The Kier molecular flexibility index (Phi) is 2.65. The number of carbonyl (C=O) groups is 1. The Balaban J connectivity index is 2.55. The van der Waals surface area contributed by atoms with Crippen molar-refractivity contribution >= 4 is 5.78 Å². The topological polar surface area (TPSA) is 17.1 Å². The predicted molar refractivity (Wildman–Crippen MR) is 71.7 cm³/mol. The maximum Gasteiger partial charge on any atom is 0.159 e. The lowest BCUT2D eigenvalue weighted by Gasteiger charge is -2.48. The van der Waals surface area contributed by atoms with Crippen LogP contribution in [0, 0.1) is 22.2 Å². The molecular formula is C16H24O. The van der Waals surface area contributed by atoms with Gasteiger partial charge in [0.05, 0.1) is 0 Å². The van der Waals surface area contributed by atoms with E-state index in [4.69, 9.17) is 0 Å². The molecule has 3 atom stereocenters. The molecule has 2 bridgehead atoms. The predicted octanol–water partition coefficient (Wildman–Crippen LogP) is 4.15. The van der Waals surface area contributed by atoms with Gasteiger partial charge in [-0.2, -0.15) is 0 Å². The average Bonchev–Trinajstić information content (AvgIpc) is 2.31. The third kappa shape index (κ3) is 1.41. The maximum absolute atomic E-state index is 12.2. The van der Waals surface area contributed by atoms with Gasteiger partial charge in [-0.3, -0.25) is 4.79 Å². The second-order valence-electron chi connectivity index (χ2n) is 6.87. The SMILES string of the molecule is C=CC[C@]1(C)C[C@H]2C(=O)C=CC[C@]1(C)C2(C)C. The van der Waals surface area contributed by atoms with Gasteiger partial charge in [0.15, 0.2) is 5.78 Å². The molecule has 0 aromatic heterocycles. The minimum Gasteiger partial charge on any atom is -0.295 e. The minimum atomic E-state index is 0.0747. The van der Waals surface area contributed by atoms with Crippen molar-refractivity contribution in [3.05, 3.63) is 24.8 Å². The van der Waals surface area contributed by atoms with Crippen molar-refractivity contribution < 1.29 is 4.79 Å². The number of hydrogen-bond acceptors (Lipinski definition) is 1. The molecule has 0 aromatic carbocycles. The zero-order valence-electron chi connectivity index (χ0n) is 11.5. The molecule has 17 heavy (non-hydrogen) atoms. The largest absolute Gasteiger partial charge is 0.295 e. The lowest BCUT2D eigenvalue weighted by atomic mass is 9.56. The Morgan fingerprint density at radius 1 is 1.41 bits per heavy atom. The minimum absolute atomic E-state index is 0.0747. The summed E-state index contributed by atoms with van der Waals surface area (Å²) in [7, 11) is 0. The highest BCUT2D eigenvalue weighted by molar-refractivity contribution is 5.93. The molecular weight excluding hydrogens is 208 g/mol. The first-order chi connectivity index (χ1) is 7.78. The van der Waals surface area contributed by atoms with Crippen LogP contribution in [0.1, 0.15) is 47.0 Å². The van der Waals surface area contributed by atoms with E-state index in [2.05, 4.69) is 40.3 Å².